The zero-order valence-electron chi connectivity index (χ0n) is 15.0. The third-order valence-corrected chi connectivity index (χ3v) is 5.36. The van der Waals surface area contributed by atoms with Crippen LogP contribution in [0.3, 0.4) is 0 Å². The second-order valence-corrected chi connectivity index (χ2v) is 7.43. The number of aromatic nitrogens is 1. The van der Waals surface area contributed by atoms with Gasteiger partial charge in [-0.3, -0.25) is 9.36 Å². The molecule has 25 heavy (non-hydrogen) atoms. The highest BCUT2D eigenvalue weighted by Crippen LogP contribution is 2.48. The van der Waals surface area contributed by atoms with Gasteiger partial charge in [0.05, 0.1) is 5.70 Å². The number of nitrogens with zero attached hydrogens (tertiary/aromatic N) is 1. The molecule has 4 rings (SSSR count). The number of pyridine rings is 1. The number of unbranched alkanes of at least 4 members (excludes halogenated alkanes) is 1. The second-order valence-electron chi connectivity index (χ2n) is 7.43. The smallest absolute Gasteiger partial charge is 0.255 e. The molecule has 1 aliphatic carbocycles. The lowest BCUT2D eigenvalue weighted by Crippen LogP contribution is -2.37. The lowest BCUT2D eigenvalue weighted by atomic mass is 9.91. The highest BCUT2D eigenvalue weighted by atomic mass is 16.5. The Labute approximate surface area is 149 Å². The van der Waals surface area contributed by atoms with Crippen molar-refractivity contribution in [1.82, 2.24) is 4.57 Å². The Balaban J connectivity index is 1.85. The molecule has 0 radical (unpaired) electrons. The number of hydrogen-bond acceptors (Lipinski definition) is 2. The lowest BCUT2D eigenvalue weighted by molar-refractivity contribution is 0.112. The Hall–Kier alpha value is -2.29. The van der Waals surface area contributed by atoms with E-state index >= 15 is 0 Å². The molecule has 0 saturated heterocycles. The van der Waals surface area contributed by atoms with Crippen molar-refractivity contribution in [3.8, 4) is 5.75 Å². The first-order chi connectivity index (χ1) is 12.1. The third kappa shape index (κ3) is 3.04. The minimum Gasteiger partial charge on any atom is -0.482 e. The van der Waals surface area contributed by atoms with Crippen LogP contribution in [0.1, 0.15) is 50.7 Å². The summed E-state index contributed by atoms with van der Waals surface area (Å²) in [6.07, 6.45) is 9.80. The average molecular weight is 335 g/mol. The first kappa shape index (κ1) is 16.2. The fourth-order valence-electron chi connectivity index (χ4n) is 3.70. The van der Waals surface area contributed by atoms with Crippen molar-refractivity contribution < 1.29 is 4.74 Å². The maximum Gasteiger partial charge on any atom is 0.255 e. The summed E-state index contributed by atoms with van der Waals surface area (Å²) in [5.41, 5.74) is 2.95. The van der Waals surface area contributed by atoms with Crippen molar-refractivity contribution in [3.63, 3.8) is 0 Å². The molecular weight excluding hydrogens is 310 g/mol. The number of rotatable bonds is 5. The van der Waals surface area contributed by atoms with E-state index in [1.54, 1.807) is 16.7 Å². The zero-order valence-corrected chi connectivity index (χ0v) is 15.0. The van der Waals surface area contributed by atoms with Gasteiger partial charge in [-0.05, 0) is 62.4 Å². The van der Waals surface area contributed by atoms with Gasteiger partial charge in [0.1, 0.15) is 11.4 Å². The van der Waals surface area contributed by atoms with E-state index in [0.717, 1.165) is 23.4 Å². The van der Waals surface area contributed by atoms with Crippen molar-refractivity contribution in [2.24, 2.45) is 5.92 Å². The predicted octanol–water partition coefficient (Wildman–Crippen LogP) is 4.64. The highest BCUT2D eigenvalue weighted by Gasteiger charge is 2.45. The number of fused-ring (bicyclic) bond motifs is 1. The summed E-state index contributed by atoms with van der Waals surface area (Å²) in [5.74, 6) is 1.43. The van der Waals surface area contributed by atoms with Gasteiger partial charge in [-0.25, -0.2) is 0 Å². The summed E-state index contributed by atoms with van der Waals surface area (Å²) in [6.45, 7) is 4.35. The van der Waals surface area contributed by atoms with Gasteiger partial charge in [0, 0.05) is 23.7 Å². The van der Waals surface area contributed by atoms with Gasteiger partial charge in [-0.2, -0.15) is 0 Å². The number of aryl methyl sites for hydroxylation is 1. The van der Waals surface area contributed by atoms with Crippen molar-refractivity contribution >= 4 is 5.70 Å². The van der Waals surface area contributed by atoms with Crippen LogP contribution in [0.2, 0.25) is 0 Å². The van der Waals surface area contributed by atoms with Gasteiger partial charge in [0.15, 0.2) is 0 Å². The van der Waals surface area contributed by atoms with E-state index in [-0.39, 0.29) is 11.2 Å². The molecule has 0 amide bonds. The first-order valence-electron chi connectivity index (χ1n) is 9.34. The van der Waals surface area contributed by atoms with Crippen molar-refractivity contribution in [2.75, 3.05) is 0 Å². The van der Waals surface area contributed by atoms with E-state index in [2.05, 4.69) is 38.1 Å². The van der Waals surface area contributed by atoms with Crippen molar-refractivity contribution in [3.05, 3.63) is 70.2 Å². The van der Waals surface area contributed by atoms with Crippen LogP contribution in [0, 0.1) is 5.92 Å². The topological polar surface area (TPSA) is 31.2 Å². The van der Waals surface area contributed by atoms with Gasteiger partial charge in [0.25, 0.3) is 5.56 Å². The van der Waals surface area contributed by atoms with Crippen LogP contribution in [0.5, 0.6) is 5.75 Å². The van der Waals surface area contributed by atoms with Crippen LogP contribution in [0.15, 0.2) is 53.5 Å². The summed E-state index contributed by atoms with van der Waals surface area (Å²) in [7, 11) is 0. The lowest BCUT2D eigenvalue weighted by Gasteiger charge is -2.35. The Morgan fingerprint density at radius 1 is 1.24 bits per heavy atom. The molecule has 1 fully saturated rings. The van der Waals surface area contributed by atoms with Gasteiger partial charge in [-0.1, -0.05) is 25.5 Å². The average Bonchev–Trinajstić information content (AvgIpc) is 3.45. The minimum atomic E-state index is -0.331. The van der Waals surface area contributed by atoms with Crippen LogP contribution in [0.4, 0.5) is 0 Å². The van der Waals surface area contributed by atoms with Gasteiger partial charge in [0.2, 0.25) is 0 Å². The summed E-state index contributed by atoms with van der Waals surface area (Å²) in [5, 5.41) is 0. The van der Waals surface area contributed by atoms with Crippen molar-refractivity contribution in [2.45, 2.75) is 51.6 Å². The van der Waals surface area contributed by atoms with Crippen LogP contribution < -0.4 is 10.3 Å². The number of benzene rings is 1. The fraction of sp³-hybridized carbons (Fsp3) is 0.409. The molecule has 3 heteroatoms. The molecule has 1 aliphatic heterocycles. The summed E-state index contributed by atoms with van der Waals surface area (Å²) in [4.78, 5) is 12.5. The van der Waals surface area contributed by atoms with E-state index in [1.807, 2.05) is 12.3 Å². The zero-order chi connectivity index (χ0) is 17.4. The molecule has 1 saturated carbocycles. The molecule has 2 aromatic rings. The van der Waals surface area contributed by atoms with E-state index in [0.29, 0.717) is 5.92 Å². The molecular formula is C22H25NO2. The molecule has 1 aromatic heterocycles. The van der Waals surface area contributed by atoms with Gasteiger partial charge < -0.3 is 4.74 Å². The maximum absolute atomic E-state index is 12.5. The third-order valence-electron chi connectivity index (χ3n) is 5.36. The molecule has 2 heterocycles. The van der Waals surface area contributed by atoms with E-state index in [1.165, 1.54) is 31.2 Å². The molecule has 1 aromatic carbocycles. The normalized spacial score (nSPS) is 22.1. The summed E-state index contributed by atoms with van der Waals surface area (Å²) < 4.78 is 8.16. The number of ether oxygens (including phenoxy) is 1. The quantitative estimate of drug-likeness (QED) is 0.797. The largest absolute Gasteiger partial charge is 0.482 e. The SMILES string of the molecule is CCCCc1ccc2c(c1)C(n1ccccc1=O)=CC(C)(C1CC1)O2. The highest BCUT2D eigenvalue weighted by molar-refractivity contribution is 5.74. The number of hydrogen-bond donors (Lipinski definition) is 0. The molecule has 0 bridgehead atoms. The summed E-state index contributed by atoms with van der Waals surface area (Å²) in [6, 6.07) is 11.8. The van der Waals surface area contributed by atoms with Gasteiger partial charge >= 0.3 is 0 Å². The molecule has 0 spiro atoms. The molecule has 2 aliphatic rings. The van der Waals surface area contributed by atoms with E-state index in [4.69, 9.17) is 4.74 Å². The maximum atomic E-state index is 12.5. The van der Waals surface area contributed by atoms with Crippen LogP contribution >= 0.6 is 0 Å². The van der Waals surface area contributed by atoms with Gasteiger partial charge in [-0.15, -0.1) is 0 Å². The molecule has 130 valence electrons. The second kappa shape index (κ2) is 6.21. The Morgan fingerprint density at radius 2 is 2.08 bits per heavy atom. The Bertz CT molecular complexity index is 876. The fourth-order valence-corrected chi connectivity index (χ4v) is 3.70. The van der Waals surface area contributed by atoms with Crippen molar-refractivity contribution in [1.29, 1.82) is 0 Å². The van der Waals surface area contributed by atoms with E-state index < -0.39 is 0 Å². The molecule has 0 N–H and O–H groups in total. The van der Waals surface area contributed by atoms with E-state index in [9.17, 15) is 4.79 Å². The Morgan fingerprint density at radius 3 is 2.80 bits per heavy atom. The molecule has 1 atom stereocenters. The van der Waals surface area contributed by atoms with Crippen LogP contribution in [0.25, 0.3) is 5.70 Å². The standard InChI is InChI=1S/C22H25NO2/c1-3-4-7-16-9-12-20-18(14-16)19(23-13-6-5-8-21(23)24)15-22(2,25-20)17-10-11-17/h5-6,8-9,12-15,17H,3-4,7,10-11H2,1-2H3. The first-order valence-corrected chi connectivity index (χ1v) is 9.34. The monoisotopic (exact) mass is 335 g/mol. The molecule has 3 nitrogen and oxygen atoms in total. The van der Waals surface area contributed by atoms with Crippen LogP contribution in [-0.2, 0) is 6.42 Å². The predicted molar refractivity (Wildman–Crippen MR) is 101 cm³/mol. The van der Waals surface area contributed by atoms with Crippen LogP contribution in [-0.4, -0.2) is 10.2 Å². The molecule has 1 unspecified atom stereocenters. The summed E-state index contributed by atoms with van der Waals surface area (Å²) >= 11 is 0. The minimum absolute atomic E-state index is 0.00120. The Kier molecular flexibility index (Phi) is 4.03.